The van der Waals surface area contributed by atoms with Crippen LogP contribution in [0.1, 0.15) is 53.4 Å². The molecule has 30 heavy (non-hydrogen) atoms. The lowest BCUT2D eigenvalue weighted by molar-refractivity contribution is -0.113. The van der Waals surface area contributed by atoms with E-state index in [1.54, 1.807) is 6.92 Å². The lowest BCUT2D eigenvalue weighted by Crippen LogP contribution is -2.17. The van der Waals surface area contributed by atoms with Gasteiger partial charge in [0.05, 0.1) is 18.0 Å². The van der Waals surface area contributed by atoms with Crippen molar-refractivity contribution >= 4 is 50.9 Å². The number of esters is 1. The second-order valence-corrected chi connectivity index (χ2v) is 9.12. The summed E-state index contributed by atoms with van der Waals surface area (Å²) in [6.45, 7) is 9.93. The molecule has 0 aliphatic heterocycles. The molecular weight excluding hydrogens is 422 g/mol. The summed E-state index contributed by atoms with van der Waals surface area (Å²) in [7, 11) is 1.89. The minimum Gasteiger partial charge on any atom is -0.462 e. The number of aromatic nitrogens is 4. The molecule has 0 saturated heterocycles. The molecule has 0 aromatic carbocycles. The fourth-order valence-corrected chi connectivity index (χ4v) is 5.03. The van der Waals surface area contributed by atoms with Crippen LogP contribution in [0, 0.1) is 13.8 Å². The van der Waals surface area contributed by atoms with Gasteiger partial charge < -0.3 is 14.6 Å². The predicted molar refractivity (Wildman–Crippen MR) is 119 cm³/mol. The Hall–Kier alpha value is -2.46. The standard InChI is InChI=1S/C20H25N5O3S2/c1-7-28-19(27)16-15(14-11(4)8-12(5)21-18(14)30-16)22-13(26)9-29-20-24-23-17(10(2)3)25(20)6/h8,10H,7,9H2,1-6H3,(H,22,26). The van der Waals surface area contributed by atoms with Gasteiger partial charge in [-0.05, 0) is 32.4 Å². The molecule has 0 unspecified atom stereocenters. The molecule has 10 heteroatoms. The smallest absolute Gasteiger partial charge is 0.350 e. The molecule has 0 radical (unpaired) electrons. The maximum absolute atomic E-state index is 12.7. The summed E-state index contributed by atoms with van der Waals surface area (Å²) < 4.78 is 7.08. The molecule has 3 heterocycles. The first-order valence-corrected chi connectivity index (χ1v) is 11.4. The van der Waals surface area contributed by atoms with Crippen molar-refractivity contribution < 1.29 is 14.3 Å². The number of carbonyl (C=O) groups excluding carboxylic acids is 2. The van der Waals surface area contributed by atoms with Crippen LogP contribution < -0.4 is 5.32 Å². The fraction of sp³-hybridized carbons (Fsp3) is 0.450. The number of thiophene rings is 1. The van der Waals surface area contributed by atoms with Crippen LogP contribution in [0.4, 0.5) is 5.69 Å². The first kappa shape index (κ1) is 22.2. The highest BCUT2D eigenvalue weighted by molar-refractivity contribution is 7.99. The molecule has 160 valence electrons. The van der Waals surface area contributed by atoms with Gasteiger partial charge in [0.25, 0.3) is 0 Å². The number of fused-ring (bicyclic) bond motifs is 1. The van der Waals surface area contributed by atoms with Crippen LogP contribution >= 0.6 is 23.1 Å². The second kappa shape index (κ2) is 9.13. The van der Waals surface area contributed by atoms with Crippen molar-refractivity contribution in [2.24, 2.45) is 7.05 Å². The summed E-state index contributed by atoms with van der Waals surface area (Å²) in [5, 5.41) is 12.7. The highest BCUT2D eigenvalue weighted by Crippen LogP contribution is 2.38. The summed E-state index contributed by atoms with van der Waals surface area (Å²) in [6.07, 6.45) is 0. The summed E-state index contributed by atoms with van der Waals surface area (Å²) in [4.78, 5) is 30.8. The molecule has 0 aliphatic carbocycles. The number of nitrogens with one attached hydrogen (secondary N) is 1. The Morgan fingerprint density at radius 1 is 1.30 bits per heavy atom. The molecule has 0 spiro atoms. The van der Waals surface area contributed by atoms with Crippen molar-refractivity contribution in [3.8, 4) is 0 Å². The monoisotopic (exact) mass is 447 g/mol. The van der Waals surface area contributed by atoms with Crippen molar-refractivity contribution in [2.45, 2.75) is 45.7 Å². The molecule has 3 aromatic heterocycles. The van der Waals surface area contributed by atoms with Gasteiger partial charge in [0.15, 0.2) is 5.16 Å². The third-order valence-corrected chi connectivity index (χ3v) is 6.51. The summed E-state index contributed by atoms with van der Waals surface area (Å²) in [6, 6.07) is 1.93. The number of carbonyl (C=O) groups is 2. The molecule has 0 bridgehead atoms. The van der Waals surface area contributed by atoms with Crippen LogP contribution in [0.3, 0.4) is 0 Å². The van der Waals surface area contributed by atoms with Crippen molar-refractivity contribution in [3.05, 3.63) is 28.0 Å². The minimum absolute atomic E-state index is 0.141. The van der Waals surface area contributed by atoms with Gasteiger partial charge in [0.1, 0.15) is 15.5 Å². The molecule has 3 rings (SSSR count). The van der Waals surface area contributed by atoms with E-state index in [9.17, 15) is 9.59 Å². The van der Waals surface area contributed by atoms with Crippen LogP contribution in [-0.2, 0) is 16.6 Å². The molecule has 8 nitrogen and oxygen atoms in total. The zero-order valence-electron chi connectivity index (χ0n) is 17.9. The average molecular weight is 448 g/mol. The molecule has 0 fully saturated rings. The minimum atomic E-state index is -0.463. The molecule has 0 atom stereocenters. The van der Waals surface area contributed by atoms with Gasteiger partial charge in [0, 0.05) is 24.0 Å². The maximum atomic E-state index is 12.7. The van der Waals surface area contributed by atoms with Gasteiger partial charge in [-0.1, -0.05) is 25.6 Å². The van der Waals surface area contributed by atoms with Crippen molar-refractivity contribution in [2.75, 3.05) is 17.7 Å². The molecule has 0 saturated carbocycles. The van der Waals surface area contributed by atoms with E-state index in [0.29, 0.717) is 20.6 Å². The number of amides is 1. The van der Waals surface area contributed by atoms with Crippen LogP contribution in [0.15, 0.2) is 11.2 Å². The number of pyridine rings is 1. The lowest BCUT2D eigenvalue weighted by Gasteiger charge is -2.09. The van der Waals surface area contributed by atoms with Crippen LogP contribution in [0.25, 0.3) is 10.2 Å². The Morgan fingerprint density at radius 2 is 2.03 bits per heavy atom. The molecule has 1 amide bonds. The van der Waals surface area contributed by atoms with E-state index in [4.69, 9.17) is 4.74 Å². The highest BCUT2D eigenvalue weighted by atomic mass is 32.2. The summed E-state index contributed by atoms with van der Waals surface area (Å²) >= 11 is 2.53. The van der Waals surface area contributed by atoms with E-state index in [-0.39, 0.29) is 24.2 Å². The van der Waals surface area contributed by atoms with Crippen LogP contribution in [-0.4, -0.2) is 44.0 Å². The fourth-order valence-electron chi connectivity index (χ4n) is 3.16. The summed E-state index contributed by atoms with van der Waals surface area (Å²) in [5.74, 6) is 0.550. The Labute approximate surface area is 183 Å². The number of anilines is 1. The number of hydrogen-bond donors (Lipinski definition) is 1. The maximum Gasteiger partial charge on any atom is 0.350 e. The highest BCUT2D eigenvalue weighted by Gasteiger charge is 2.24. The Bertz CT molecular complexity index is 1100. The van der Waals surface area contributed by atoms with E-state index >= 15 is 0 Å². The van der Waals surface area contributed by atoms with Crippen molar-refractivity contribution in [1.82, 2.24) is 19.7 Å². The van der Waals surface area contributed by atoms with Crippen LogP contribution in [0.2, 0.25) is 0 Å². The average Bonchev–Trinajstić information content (AvgIpc) is 3.21. The van der Waals surface area contributed by atoms with Gasteiger partial charge in [-0.25, -0.2) is 9.78 Å². The zero-order chi connectivity index (χ0) is 22.0. The quantitative estimate of drug-likeness (QED) is 0.430. The zero-order valence-corrected chi connectivity index (χ0v) is 19.5. The van der Waals surface area contributed by atoms with Gasteiger partial charge in [0.2, 0.25) is 5.91 Å². The van der Waals surface area contributed by atoms with E-state index in [1.165, 1.54) is 23.1 Å². The molecule has 1 N–H and O–H groups in total. The van der Waals surface area contributed by atoms with E-state index in [2.05, 4.69) is 20.5 Å². The normalized spacial score (nSPS) is 11.3. The van der Waals surface area contributed by atoms with Crippen molar-refractivity contribution in [3.63, 3.8) is 0 Å². The molecule has 0 aliphatic rings. The Kier molecular flexibility index (Phi) is 6.77. The Balaban J connectivity index is 1.86. The van der Waals surface area contributed by atoms with Crippen LogP contribution in [0.5, 0.6) is 0 Å². The molecule has 3 aromatic rings. The largest absolute Gasteiger partial charge is 0.462 e. The van der Waals surface area contributed by atoms with Gasteiger partial charge in [-0.15, -0.1) is 21.5 Å². The number of rotatable bonds is 7. The number of aryl methyl sites for hydroxylation is 2. The first-order valence-electron chi connectivity index (χ1n) is 9.62. The summed E-state index contributed by atoms with van der Waals surface area (Å²) in [5.41, 5.74) is 2.26. The third kappa shape index (κ3) is 4.49. The van der Waals surface area contributed by atoms with Gasteiger partial charge >= 0.3 is 5.97 Å². The number of thioether (sulfide) groups is 1. The number of ether oxygens (including phenoxy) is 1. The van der Waals surface area contributed by atoms with E-state index in [0.717, 1.165) is 22.5 Å². The SMILES string of the molecule is CCOC(=O)c1sc2nc(C)cc(C)c2c1NC(=O)CSc1nnc(C(C)C)n1C. The Morgan fingerprint density at radius 3 is 2.67 bits per heavy atom. The number of nitrogens with zero attached hydrogens (tertiary/aromatic N) is 4. The van der Waals surface area contributed by atoms with E-state index in [1.807, 2.05) is 45.4 Å². The first-order chi connectivity index (χ1) is 14.2. The van der Waals surface area contributed by atoms with E-state index < -0.39 is 5.97 Å². The topological polar surface area (TPSA) is 99.0 Å². The molecular formula is C20H25N5O3S2. The third-order valence-electron chi connectivity index (χ3n) is 4.43. The van der Waals surface area contributed by atoms with Gasteiger partial charge in [-0.3, -0.25) is 4.79 Å². The lowest BCUT2D eigenvalue weighted by atomic mass is 10.1. The predicted octanol–water partition coefficient (Wildman–Crippen LogP) is 4.07. The van der Waals surface area contributed by atoms with Gasteiger partial charge in [-0.2, -0.15) is 0 Å². The van der Waals surface area contributed by atoms with Crippen molar-refractivity contribution in [1.29, 1.82) is 0 Å². The number of hydrogen-bond acceptors (Lipinski definition) is 8. The second-order valence-electron chi connectivity index (χ2n) is 7.18.